The Morgan fingerprint density at radius 2 is 1.64 bits per heavy atom. The van der Waals surface area contributed by atoms with Crippen LogP contribution in [0.5, 0.6) is 23.0 Å². The van der Waals surface area contributed by atoms with Crippen molar-refractivity contribution in [2.24, 2.45) is 0 Å². The minimum atomic E-state index is -0.230. The first-order chi connectivity index (χ1) is 15.9. The molecule has 1 aromatic heterocycles. The zero-order valence-corrected chi connectivity index (χ0v) is 19.7. The number of pyridine rings is 1. The van der Waals surface area contributed by atoms with Crippen molar-refractivity contribution < 1.29 is 23.7 Å². The van der Waals surface area contributed by atoms with Gasteiger partial charge in [-0.15, -0.1) is 0 Å². The van der Waals surface area contributed by atoms with Gasteiger partial charge in [0.2, 0.25) is 5.75 Å². The standard InChI is InChI=1S/C25H30N2O6/c1-6-7-10-27(25(29)17-13-21(31-3)23(33-5)22(14-17)32-4)15-18-11-16-12-19(30-2)8-9-20(16)26-24(18)28/h8-9,11-14H,6-7,10,15H2,1-5H3,(H,26,28). The van der Waals surface area contributed by atoms with Gasteiger partial charge in [0.25, 0.3) is 11.5 Å². The van der Waals surface area contributed by atoms with Crippen molar-refractivity contribution in [2.75, 3.05) is 35.0 Å². The second-order valence-corrected chi connectivity index (χ2v) is 7.57. The summed E-state index contributed by atoms with van der Waals surface area (Å²) < 4.78 is 21.4. The van der Waals surface area contributed by atoms with Crippen molar-refractivity contribution >= 4 is 16.8 Å². The number of rotatable bonds is 10. The fraction of sp³-hybridized carbons (Fsp3) is 0.360. The molecule has 0 aliphatic heterocycles. The van der Waals surface area contributed by atoms with Crippen molar-refractivity contribution in [1.82, 2.24) is 9.88 Å². The second kappa shape index (κ2) is 10.8. The zero-order chi connectivity index (χ0) is 24.0. The first-order valence-electron chi connectivity index (χ1n) is 10.7. The van der Waals surface area contributed by atoms with Crippen LogP contribution in [0, 0.1) is 0 Å². The van der Waals surface area contributed by atoms with Gasteiger partial charge in [0, 0.05) is 28.6 Å². The minimum Gasteiger partial charge on any atom is -0.497 e. The number of aromatic nitrogens is 1. The fourth-order valence-corrected chi connectivity index (χ4v) is 3.67. The van der Waals surface area contributed by atoms with Gasteiger partial charge in [-0.05, 0) is 42.8 Å². The van der Waals surface area contributed by atoms with E-state index in [-0.39, 0.29) is 18.0 Å². The Morgan fingerprint density at radius 1 is 0.939 bits per heavy atom. The van der Waals surface area contributed by atoms with E-state index in [4.69, 9.17) is 18.9 Å². The molecule has 0 aliphatic rings. The summed E-state index contributed by atoms with van der Waals surface area (Å²) in [7, 11) is 6.11. The predicted molar refractivity (Wildman–Crippen MR) is 127 cm³/mol. The molecule has 0 saturated carbocycles. The maximum Gasteiger partial charge on any atom is 0.254 e. The van der Waals surface area contributed by atoms with Gasteiger partial charge in [-0.2, -0.15) is 0 Å². The monoisotopic (exact) mass is 454 g/mol. The van der Waals surface area contributed by atoms with E-state index in [2.05, 4.69) is 11.9 Å². The number of ether oxygens (including phenoxy) is 4. The average Bonchev–Trinajstić information content (AvgIpc) is 2.84. The highest BCUT2D eigenvalue weighted by Gasteiger charge is 2.22. The Balaban J connectivity index is 2.00. The molecule has 3 rings (SSSR count). The molecule has 0 radical (unpaired) electrons. The highest BCUT2D eigenvalue weighted by molar-refractivity contribution is 5.95. The SMILES string of the molecule is CCCCN(Cc1cc2cc(OC)ccc2[nH]c1=O)C(=O)c1cc(OC)c(OC)c(OC)c1. The third kappa shape index (κ3) is 5.22. The molecular formula is C25H30N2O6. The number of amides is 1. The normalized spacial score (nSPS) is 10.7. The molecule has 176 valence electrons. The molecule has 2 aromatic carbocycles. The number of unbranched alkanes of at least 4 members (excludes halogenated alkanes) is 1. The number of H-pyrrole nitrogens is 1. The third-order valence-electron chi connectivity index (χ3n) is 5.47. The molecule has 8 heteroatoms. The Bertz CT molecular complexity index is 1160. The predicted octanol–water partition coefficient (Wildman–Crippen LogP) is 4.01. The first kappa shape index (κ1) is 24.0. The molecule has 0 aliphatic carbocycles. The number of carbonyl (C=O) groups excluding carboxylic acids is 1. The summed E-state index contributed by atoms with van der Waals surface area (Å²) in [5.74, 6) is 1.67. The van der Waals surface area contributed by atoms with Crippen LogP contribution in [0.4, 0.5) is 0 Å². The van der Waals surface area contributed by atoms with E-state index < -0.39 is 0 Å². The van der Waals surface area contributed by atoms with E-state index in [0.29, 0.717) is 46.2 Å². The molecule has 33 heavy (non-hydrogen) atoms. The van der Waals surface area contributed by atoms with Crippen molar-refractivity contribution in [1.29, 1.82) is 0 Å². The van der Waals surface area contributed by atoms with E-state index in [9.17, 15) is 9.59 Å². The summed E-state index contributed by atoms with van der Waals surface area (Å²) in [5, 5.41) is 0.833. The van der Waals surface area contributed by atoms with Crippen LogP contribution in [-0.2, 0) is 6.54 Å². The van der Waals surface area contributed by atoms with E-state index >= 15 is 0 Å². The maximum atomic E-state index is 13.5. The summed E-state index contributed by atoms with van der Waals surface area (Å²) in [4.78, 5) is 30.8. The molecule has 0 unspecified atom stereocenters. The number of nitrogens with one attached hydrogen (secondary N) is 1. The molecule has 0 bridgehead atoms. The Labute approximate surface area is 193 Å². The van der Waals surface area contributed by atoms with Crippen LogP contribution in [0.1, 0.15) is 35.7 Å². The summed E-state index contributed by atoms with van der Waals surface area (Å²) in [5.41, 5.74) is 1.36. The zero-order valence-electron chi connectivity index (χ0n) is 19.7. The number of hydrogen-bond acceptors (Lipinski definition) is 6. The van der Waals surface area contributed by atoms with E-state index in [1.165, 1.54) is 21.3 Å². The van der Waals surface area contributed by atoms with Gasteiger partial charge in [0.15, 0.2) is 11.5 Å². The van der Waals surface area contributed by atoms with E-state index in [1.807, 2.05) is 6.07 Å². The van der Waals surface area contributed by atoms with Crippen molar-refractivity contribution in [3.63, 3.8) is 0 Å². The molecule has 0 saturated heterocycles. The van der Waals surface area contributed by atoms with Gasteiger partial charge in [-0.3, -0.25) is 9.59 Å². The highest BCUT2D eigenvalue weighted by Crippen LogP contribution is 2.38. The Kier molecular flexibility index (Phi) is 7.82. The van der Waals surface area contributed by atoms with E-state index in [1.54, 1.807) is 42.3 Å². The molecule has 8 nitrogen and oxygen atoms in total. The van der Waals surface area contributed by atoms with Crippen LogP contribution in [0.3, 0.4) is 0 Å². The van der Waals surface area contributed by atoms with Crippen LogP contribution < -0.4 is 24.5 Å². The van der Waals surface area contributed by atoms with Crippen LogP contribution in [0.2, 0.25) is 0 Å². The third-order valence-corrected chi connectivity index (χ3v) is 5.47. The Hall–Kier alpha value is -3.68. The van der Waals surface area contributed by atoms with Crippen molar-refractivity contribution in [2.45, 2.75) is 26.3 Å². The quantitative estimate of drug-likeness (QED) is 0.498. The molecule has 3 aromatic rings. The second-order valence-electron chi connectivity index (χ2n) is 7.57. The summed E-state index contributed by atoms with van der Waals surface area (Å²) >= 11 is 0. The van der Waals surface area contributed by atoms with Gasteiger partial charge in [0.1, 0.15) is 5.75 Å². The van der Waals surface area contributed by atoms with Crippen LogP contribution in [0.15, 0.2) is 41.2 Å². The molecule has 0 spiro atoms. The smallest absolute Gasteiger partial charge is 0.254 e. The van der Waals surface area contributed by atoms with Gasteiger partial charge in [-0.25, -0.2) is 0 Å². The lowest BCUT2D eigenvalue weighted by molar-refractivity contribution is 0.0739. The van der Waals surface area contributed by atoms with Crippen LogP contribution in [0.25, 0.3) is 10.9 Å². The van der Waals surface area contributed by atoms with Crippen LogP contribution >= 0.6 is 0 Å². The number of methoxy groups -OCH3 is 4. The minimum absolute atomic E-state index is 0.165. The number of benzene rings is 2. The number of carbonyl (C=O) groups is 1. The lowest BCUT2D eigenvalue weighted by Crippen LogP contribution is -2.33. The van der Waals surface area contributed by atoms with Crippen molar-refractivity contribution in [3.05, 3.63) is 57.9 Å². The molecule has 1 amide bonds. The summed E-state index contributed by atoms with van der Waals surface area (Å²) in [6, 6.07) is 10.5. The maximum absolute atomic E-state index is 13.5. The molecule has 0 atom stereocenters. The fourth-order valence-electron chi connectivity index (χ4n) is 3.67. The first-order valence-corrected chi connectivity index (χ1v) is 10.7. The largest absolute Gasteiger partial charge is 0.497 e. The number of aromatic amines is 1. The summed E-state index contributed by atoms with van der Waals surface area (Å²) in [6.07, 6.45) is 1.71. The lowest BCUT2D eigenvalue weighted by atomic mass is 10.1. The van der Waals surface area contributed by atoms with Gasteiger partial charge >= 0.3 is 0 Å². The molecule has 1 heterocycles. The van der Waals surface area contributed by atoms with Gasteiger partial charge in [0.05, 0.1) is 35.0 Å². The van der Waals surface area contributed by atoms with Crippen molar-refractivity contribution in [3.8, 4) is 23.0 Å². The highest BCUT2D eigenvalue weighted by atomic mass is 16.5. The van der Waals surface area contributed by atoms with E-state index in [0.717, 1.165) is 18.2 Å². The molecular weight excluding hydrogens is 424 g/mol. The number of hydrogen-bond donors (Lipinski definition) is 1. The summed E-state index contributed by atoms with van der Waals surface area (Å²) in [6.45, 7) is 2.72. The number of nitrogens with zero attached hydrogens (tertiary/aromatic N) is 1. The van der Waals surface area contributed by atoms with Gasteiger partial charge in [-0.1, -0.05) is 13.3 Å². The average molecular weight is 455 g/mol. The number of fused-ring (bicyclic) bond motifs is 1. The Morgan fingerprint density at radius 3 is 2.21 bits per heavy atom. The van der Waals surface area contributed by atoms with Crippen LogP contribution in [-0.4, -0.2) is 50.8 Å². The molecule has 1 N–H and O–H groups in total. The van der Waals surface area contributed by atoms with Gasteiger partial charge < -0.3 is 28.8 Å². The lowest BCUT2D eigenvalue weighted by Gasteiger charge is -2.23. The molecule has 0 fully saturated rings. The topological polar surface area (TPSA) is 90.1 Å².